The minimum Gasteiger partial charge on any atom is -0.255 e. The highest BCUT2D eigenvalue weighted by atomic mass is 19.4. The molecular formula is C30H41F23. The lowest BCUT2D eigenvalue weighted by Gasteiger charge is -2.47. The van der Waals surface area contributed by atoms with Crippen LogP contribution in [-0.4, -0.2) is 92.1 Å². The second kappa shape index (κ2) is 17.7. The van der Waals surface area contributed by atoms with Crippen molar-refractivity contribution in [3.05, 3.63) is 0 Å². The lowest BCUT2D eigenvalue weighted by Crippen LogP contribution is -2.69. The quantitative estimate of drug-likeness (QED) is 0.248. The van der Waals surface area contributed by atoms with Crippen molar-refractivity contribution in [2.24, 2.45) is 17.8 Å². The minimum absolute atomic E-state index is 0.0191. The predicted molar refractivity (Wildman–Crippen MR) is 147 cm³/mol. The average molecular weight is 839 g/mol. The number of alkyl halides is 23. The van der Waals surface area contributed by atoms with Crippen LogP contribution in [0, 0.1) is 17.8 Å². The summed E-state index contributed by atoms with van der Waals surface area (Å²) in [6.45, 7) is 0.0796. The molecule has 9 atom stereocenters. The molecule has 0 nitrogen and oxygen atoms in total. The summed E-state index contributed by atoms with van der Waals surface area (Å²) in [5.41, 5.74) is -23.7. The van der Waals surface area contributed by atoms with Crippen LogP contribution < -0.4 is 0 Å². The summed E-state index contributed by atoms with van der Waals surface area (Å²) in [6.07, 6.45) is -23.1. The van der Waals surface area contributed by atoms with Crippen molar-refractivity contribution in [2.75, 3.05) is 27.7 Å². The molecule has 0 aliphatic heterocycles. The summed E-state index contributed by atoms with van der Waals surface area (Å²) in [5.74, 6) is -14.7. The third-order valence-corrected chi connectivity index (χ3v) is 9.42. The topological polar surface area (TPSA) is 0 Å². The van der Waals surface area contributed by atoms with Crippen molar-refractivity contribution in [3.63, 3.8) is 0 Å². The van der Waals surface area contributed by atoms with Gasteiger partial charge >= 0.3 is 30.4 Å². The van der Waals surface area contributed by atoms with E-state index < -0.39 is 134 Å². The second-order valence-corrected chi connectivity index (χ2v) is 13.4. The molecule has 3 rings (SSSR count). The first kappa shape index (κ1) is 53.5. The molecule has 3 saturated carbocycles. The van der Waals surface area contributed by atoms with Gasteiger partial charge in [-0.05, 0) is 50.9 Å². The zero-order valence-electron chi connectivity index (χ0n) is 29.0. The van der Waals surface area contributed by atoms with Crippen LogP contribution in [0.15, 0.2) is 0 Å². The number of hydrogen-bond acceptors (Lipinski definition) is 0. The normalized spacial score (nSPS) is 39.5. The van der Waals surface area contributed by atoms with E-state index in [2.05, 4.69) is 0 Å². The molecule has 0 spiro atoms. The molecule has 0 aromatic rings. The lowest BCUT2D eigenvalue weighted by atomic mass is 9.69. The van der Waals surface area contributed by atoms with Crippen LogP contribution in [0.3, 0.4) is 0 Å². The minimum atomic E-state index is -5.95. The Labute approximate surface area is 290 Å². The van der Waals surface area contributed by atoms with E-state index in [4.69, 9.17) is 0 Å². The fraction of sp³-hybridized carbons (Fsp3) is 1.00. The first-order valence-electron chi connectivity index (χ1n) is 15.5. The van der Waals surface area contributed by atoms with Crippen LogP contribution in [0.25, 0.3) is 0 Å². The number of halogens is 23. The molecule has 0 aromatic carbocycles. The van der Waals surface area contributed by atoms with E-state index in [0.29, 0.717) is 20.8 Å². The Morgan fingerprint density at radius 3 is 1.25 bits per heavy atom. The summed E-state index contributed by atoms with van der Waals surface area (Å²) in [5, 5.41) is 0. The molecule has 9 unspecified atom stereocenters. The molecule has 0 N–H and O–H groups in total. The molecule has 0 bridgehead atoms. The van der Waals surface area contributed by atoms with Crippen LogP contribution in [0.2, 0.25) is 0 Å². The fourth-order valence-electron chi connectivity index (χ4n) is 6.68. The van der Waals surface area contributed by atoms with Crippen molar-refractivity contribution in [1.29, 1.82) is 0 Å². The van der Waals surface area contributed by atoms with Gasteiger partial charge in [0.05, 0.1) is 14.4 Å². The van der Waals surface area contributed by atoms with Gasteiger partial charge in [-0.3, -0.25) is 8.78 Å². The van der Waals surface area contributed by atoms with Gasteiger partial charge in [-0.2, -0.15) is 57.1 Å². The van der Waals surface area contributed by atoms with Crippen LogP contribution in [0.1, 0.15) is 79.1 Å². The Morgan fingerprint density at radius 2 is 0.943 bits per heavy atom. The smallest absolute Gasteiger partial charge is 0.255 e. The number of hydrogen-bond donors (Lipinski definition) is 0. The second-order valence-electron chi connectivity index (χ2n) is 13.4. The molecule has 0 heterocycles. The van der Waals surface area contributed by atoms with Gasteiger partial charge < -0.3 is 0 Å². The van der Waals surface area contributed by atoms with Crippen molar-refractivity contribution in [3.8, 4) is 0 Å². The maximum absolute atomic E-state index is 13.6. The molecular weight excluding hydrogens is 797 g/mol. The summed E-state index contributed by atoms with van der Waals surface area (Å²) < 4.78 is 289. The highest BCUT2D eigenvalue weighted by Crippen LogP contribution is 2.64. The monoisotopic (exact) mass is 838 g/mol. The summed E-state index contributed by atoms with van der Waals surface area (Å²) in [7, 11) is 1.00. The summed E-state index contributed by atoms with van der Waals surface area (Å²) >= 11 is 0. The van der Waals surface area contributed by atoms with E-state index in [1.807, 2.05) is 0 Å². The Hall–Kier alpha value is -1.61. The molecule has 0 amide bonds. The van der Waals surface area contributed by atoms with Gasteiger partial charge in [-0.15, -0.1) is 0 Å². The van der Waals surface area contributed by atoms with Crippen LogP contribution >= 0.6 is 0 Å². The fourth-order valence-corrected chi connectivity index (χ4v) is 6.68. The Kier molecular flexibility index (Phi) is 17.8. The molecule has 0 radical (unpaired) electrons. The van der Waals surface area contributed by atoms with Gasteiger partial charge in [-0.1, -0.05) is 27.2 Å². The molecule has 53 heavy (non-hydrogen) atoms. The molecule has 23 heteroatoms. The summed E-state index contributed by atoms with van der Waals surface area (Å²) in [4.78, 5) is 0. The van der Waals surface area contributed by atoms with Gasteiger partial charge in [0.2, 0.25) is 17.0 Å². The molecule has 3 aliphatic carbocycles. The van der Waals surface area contributed by atoms with Crippen LogP contribution in [0.4, 0.5) is 101 Å². The maximum atomic E-state index is 13.6. The van der Waals surface area contributed by atoms with Crippen LogP contribution in [-0.2, 0) is 0 Å². The highest BCUT2D eigenvalue weighted by molar-refractivity contribution is 5.20. The van der Waals surface area contributed by atoms with Crippen molar-refractivity contribution in [1.82, 2.24) is 0 Å². The molecule has 0 saturated heterocycles. The third kappa shape index (κ3) is 10.0. The Bertz CT molecular complexity index is 1100. The first-order valence-corrected chi connectivity index (χ1v) is 15.5. The Morgan fingerprint density at radius 1 is 0.528 bits per heavy atom. The van der Waals surface area contributed by atoms with Crippen molar-refractivity contribution >= 4 is 0 Å². The molecule has 3 fully saturated rings. The zero-order chi connectivity index (χ0) is 43.3. The SMILES string of the molecule is CC1CC(F)(CF)C(F)(F)C(F)(C(F)(F)F)C1.CCC1CC(C)(F)CC(F)(C(F)(F)F)C1.CCC1CC(F)(C(F)(F)F)C(F)(F)C1(F)CF.CF.CF. The van der Waals surface area contributed by atoms with Gasteiger partial charge in [-0.25, -0.2) is 35.1 Å². The van der Waals surface area contributed by atoms with Gasteiger partial charge in [0.1, 0.15) is 19.0 Å². The zero-order valence-corrected chi connectivity index (χ0v) is 29.0. The average Bonchev–Trinajstić information content (AvgIpc) is 3.18. The van der Waals surface area contributed by atoms with Crippen molar-refractivity contribution < 1.29 is 101 Å². The standard InChI is InChI=1S/C10H15F5.2C9H10F8.2CH3F/c1-3-7-4-8(2,11)6-9(12,5-7)10(13,14)15;1-5-2-6(11,4-10)8(13,14)7(12,3-5)9(15,16)17;1-2-5-3-7(12,9(15,16)17)8(13,14)6(5,11)4-10;2*1-2/h7H,3-6H2,1-2H3;2*5H,2-4H2,1H3;2*1H3. The largest absolute Gasteiger partial charge is 0.428 e. The predicted octanol–water partition coefficient (Wildman–Crippen LogP) is 13.4. The Balaban J connectivity index is 0. The third-order valence-electron chi connectivity index (χ3n) is 9.42. The van der Waals surface area contributed by atoms with Gasteiger partial charge in [0.15, 0.2) is 0 Å². The van der Waals surface area contributed by atoms with Crippen LogP contribution in [0.5, 0.6) is 0 Å². The van der Waals surface area contributed by atoms with E-state index >= 15 is 0 Å². The molecule has 3 aliphatic rings. The summed E-state index contributed by atoms with van der Waals surface area (Å²) in [6, 6.07) is 0. The van der Waals surface area contributed by atoms with E-state index in [1.54, 1.807) is 6.92 Å². The highest BCUT2D eigenvalue weighted by Gasteiger charge is 2.85. The van der Waals surface area contributed by atoms with E-state index in [-0.39, 0.29) is 6.42 Å². The van der Waals surface area contributed by atoms with E-state index in [0.717, 1.165) is 20.8 Å². The molecule has 322 valence electrons. The van der Waals surface area contributed by atoms with Gasteiger partial charge in [0, 0.05) is 18.8 Å². The lowest BCUT2D eigenvalue weighted by molar-refractivity contribution is -0.353. The molecule has 0 aromatic heterocycles. The number of rotatable bonds is 4. The van der Waals surface area contributed by atoms with Crippen molar-refractivity contribution in [2.45, 2.75) is 143 Å². The van der Waals surface area contributed by atoms with E-state index in [1.165, 1.54) is 0 Å². The first-order chi connectivity index (χ1) is 23.5. The van der Waals surface area contributed by atoms with Gasteiger partial charge in [0.25, 0.3) is 11.3 Å². The van der Waals surface area contributed by atoms with E-state index in [9.17, 15) is 101 Å². The maximum Gasteiger partial charge on any atom is 0.428 e.